The molecule has 0 bridgehead atoms. The van der Waals surface area contributed by atoms with Crippen LogP contribution in [0.15, 0.2) is 47.1 Å². The molecule has 0 amide bonds. The summed E-state index contributed by atoms with van der Waals surface area (Å²) in [6.45, 7) is 6.71. The summed E-state index contributed by atoms with van der Waals surface area (Å²) in [5.41, 5.74) is 5.35. The summed E-state index contributed by atoms with van der Waals surface area (Å²) in [5.74, 6) is 0.868. The molecular weight excluding hydrogens is 430 g/mol. The van der Waals surface area contributed by atoms with Crippen molar-refractivity contribution < 1.29 is 14.1 Å². The Hall–Kier alpha value is -3.52. The Kier molecular flexibility index (Phi) is 5.91. The predicted octanol–water partition coefficient (Wildman–Crippen LogP) is 4.82. The molecule has 0 saturated carbocycles. The van der Waals surface area contributed by atoms with Crippen LogP contribution in [0, 0.1) is 0 Å². The van der Waals surface area contributed by atoms with Gasteiger partial charge in [0.15, 0.2) is 0 Å². The van der Waals surface area contributed by atoms with E-state index in [0.29, 0.717) is 24.4 Å². The van der Waals surface area contributed by atoms with E-state index in [2.05, 4.69) is 35.1 Å². The first-order valence-corrected chi connectivity index (χ1v) is 11.8. The van der Waals surface area contributed by atoms with Crippen LogP contribution in [-0.2, 0) is 16.0 Å². The molecule has 176 valence electrons. The number of benzene rings is 2. The van der Waals surface area contributed by atoms with Crippen molar-refractivity contribution in [2.24, 2.45) is 0 Å². The minimum absolute atomic E-state index is 0.158. The van der Waals surface area contributed by atoms with Crippen molar-refractivity contribution in [1.82, 2.24) is 24.8 Å². The highest BCUT2D eigenvalue weighted by molar-refractivity contribution is 5.83. The molecule has 5 rings (SSSR count). The van der Waals surface area contributed by atoms with E-state index >= 15 is 0 Å². The lowest BCUT2D eigenvalue weighted by Gasteiger charge is -2.24. The zero-order valence-corrected chi connectivity index (χ0v) is 20.0. The van der Waals surface area contributed by atoms with Crippen LogP contribution in [0.5, 0.6) is 0 Å². The Balaban J connectivity index is 1.42. The Morgan fingerprint density at radius 3 is 2.94 bits per heavy atom. The van der Waals surface area contributed by atoms with E-state index in [0.717, 1.165) is 34.9 Å². The quantitative estimate of drug-likeness (QED) is 0.366. The van der Waals surface area contributed by atoms with E-state index < -0.39 is 0 Å². The summed E-state index contributed by atoms with van der Waals surface area (Å²) in [4.78, 5) is 18.7. The third-order valence-electron chi connectivity index (χ3n) is 6.45. The number of nitrogens with zero attached hydrogens (tertiary/aromatic N) is 5. The van der Waals surface area contributed by atoms with Gasteiger partial charge in [-0.25, -0.2) is 0 Å². The van der Waals surface area contributed by atoms with Crippen molar-refractivity contribution >= 4 is 16.9 Å². The number of likely N-dealkylation sites (N-methyl/N-ethyl adjacent to an activating group) is 1. The first kappa shape index (κ1) is 22.3. The average Bonchev–Trinajstić information content (AvgIpc) is 3.56. The zero-order chi connectivity index (χ0) is 23.8. The topological polar surface area (TPSA) is 86.3 Å². The van der Waals surface area contributed by atoms with Gasteiger partial charge in [-0.1, -0.05) is 23.4 Å². The van der Waals surface area contributed by atoms with Crippen LogP contribution < -0.4 is 0 Å². The highest BCUT2D eigenvalue weighted by atomic mass is 16.5. The molecule has 1 unspecified atom stereocenters. The second-order valence-corrected chi connectivity index (χ2v) is 9.03. The molecule has 8 heteroatoms. The van der Waals surface area contributed by atoms with Gasteiger partial charge in [-0.15, -0.1) is 0 Å². The van der Waals surface area contributed by atoms with Gasteiger partial charge in [0, 0.05) is 28.6 Å². The largest absolute Gasteiger partial charge is 0.465 e. The number of aromatic nitrogens is 4. The molecule has 1 atom stereocenters. The van der Waals surface area contributed by atoms with Crippen LogP contribution in [0.1, 0.15) is 50.4 Å². The standard InChI is InChI=1S/C26H29N5O3/c1-5-33-24(32)15-30(4)23-12-10-19-20(23)7-6-8-21(19)25-28-26(34-29-25)17-9-11-22-18(13-17)14-27-31(22)16(2)3/h6-9,11,13-14,16,23H,5,10,12,15H2,1-4H3. The molecule has 8 nitrogen and oxygen atoms in total. The normalized spacial score (nSPS) is 15.4. The van der Waals surface area contributed by atoms with Crippen molar-refractivity contribution in [3.63, 3.8) is 0 Å². The summed E-state index contributed by atoms with van der Waals surface area (Å²) in [7, 11) is 1.97. The first-order valence-electron chi connectivity index (χ1n) is 11.8. The first-order chi connectivity index (χ1) is 16.5. The summed E-state index contributed by atoms with van der Waals surface area (Å²) in [6, 6.07) is 12.7. The van der Waals surface area contributed by atoms with E-state index in [-0.39, 0.29) is 18.6 Å². The SMILES string of the molecule is CCOC(=O)CN(C)C1CCc2c(-c3noc(-c4ccc5c(cnn5C(C)C)c4)n3)cccc21. The number of hydrogen-bond acceptors (Lipinski definition) is 7. The van der Waals surface area contributed by atoms with Gasteiger partial charge < -0.3 is 9.26 Å². The Bertz CT molecular complexity index is 1340. The van der Waals surface area contributed by atoms with E-state index in [1.54, 1.807) is 0 Å². The lowest BCUT2D eigenvalue weighted by Crippen LogP contribution is -2.30. The minimum atomic E-state index is -0.201. The van der Waals surface area contributed by atoms with Gasteiger partial charge in [-0.3, -0.25) is 14.4 Å². The van der Waals surface area contributed by atoms with Crippen molar-refractivity contribution in [3.8, 4) is 22.8 Å². The molecule has 0 fully saturated rings. The summed E-state index contributed by atoms with van der Waals surface area (Å²) >= 11 is 0. The van der Waals surface area contributed by atoms with Gasteiger partial charge in [0.05, 0.1) is 24.9 Å². The molecule has 0 N–H and O–H groups in total. The van der Waals surface area contributed by atoms with Crippen LogP contribution in [0.25, 0.3) is 33.7 Å². The van der Waals surface area contributed by atoms with Gasteiger partial charge in [0.2, 0.25) is 5.82 Å². The van der Waals surface area contributed by atoms with Crippen LogP contribution in [0.4, 0.5) is 0 Å². The second-order valence-electron chi connectivity index (χ2n) is 9.03. The lowest BCUT2D eigenvalue weighted by atomic mass is 10.0. The van der Waals surface area contributed by atoms with Crippen LogP contribution in [-0.4, -0.2) is 51.0 Å². The molecule has 34 heavy (non-hydrogen) atoms. The van der Waals surface area contributed by atoms with E-state index in [9.17, 15) is 4.79 Å². The maximum atomic E-state index is 12.0. The Labute approximate surface area is 198 Å². The second kappa shape index (κ2) is 9.02. The summed E-state index contributed by atoms with van der Waals surface area (Å²) in [6.07, 6.45) is 3.70. The van der Waals surface area contributed by atoms with E-state index in [1.165, 1.54) is 11.1 Å². The van der Waals surface area contributed by atoms with Crippen LogP contribution >= 0.6 is 0 Å². The molecule has 1 aliphatic rings. The molecule has 0 spiro atoms. The molecule has 2 heterocycles. The van der Waals surface area contributed by atoms with Crippen molar-refractivity contribution in [3.05, 3.63) is 53.7 Å². The molecular formula is C26H29N5O3. The molecule has 4 aromatic rings. The highest BCUT2D eigenvalue weighted by Gasteiger charge is 2.30. The number of carbonyl (C=O) groups is 1. The van der Waals surface area contributed by atoms with Gasteiger partial charge in [-0.2, -0.15) is 10.1 Å². The maximum absolute atomic E-state index is 12.0. The van der Waals surface area contributed by atoms with Gasteiger partial charge >= 0.3 is 5.97 Å². The number of carbonyl (C=O) groups excluding carboxylic acids is 1. The Morgan fingerprint density at radius 1 is 1.29 bits per heavy atom. The lowest BCUT2D eigenvalue weighted by molar-refractivity contribution is -0.144. The van der Waals surface area contributed by atoms with Gasteiger partial charge in [-0.05, 0) is 70.0 Å². The fourth-order valence-electron chi connectivity index (χ4n) is 4.87. The fourth-order valence-corrected chi connectivity index (χ4v) is 4.87. The van der Waals surface area contributed by atoms with Crippen LogP contribution in [0.2, 0.25) is 0 Å². The number of hydrogen-bond donors (Lipinski definition) is 0. The average molecular weight is 460 g/mol. The molecule has 0 saturated heterocycles. The number of rotatable bonds is 7. The van der Waals surface area contributed by atoms with E-state index in [1.807, 2.05) is 55.2 Å². The smallest absolute Gasteiger partial charge is 0.320 e. The molecule has 2 aromatic heterocycles. The van der Waals surface area contributed by atoms with Crippen molar-refractivity contribution in [1.29, 1.82) is 0 Å². The van der Waals surface area contributed by atoms with Crippen LogP contribution in [0.3, 0.4) is 0 Å². The molecule has 0 aliphatic heterocycles. The van der Waals surface area contributed by atoms with Gasteiger partial charge in [0.1, 0.15) is 0 Å². The molecule has 2 aromatic carbocycles. The highest BCUT2D eigenvalue weighted by Crippen LogP contribution is 2.40. The number of ether oxygens (including phenoxy) is 1. The van der Waals surface area contributed by atoms with Crippen molar-refractivity contribution in [2.45, 2.75) is 45.7 Å². The molecule has 0 radical (unpaired) electrons. The minimum Gasteiger partial charge on any atom is -0.465 e. The summed E-state index contributed by atoms with van der Waals surface area (Å²) in [5, 5.41) is 9.83. The van der Waals surface area contributed by atoms with Gasteiger partial charge in [0.25, 0.3) is 5.89 Å². The third-order valence-corrected chi connectivity index (χ3v) is 6.45. The number of fused-ring (bicyclic) bond motifs is 2. The van der Waals surface area contributed by atoms with E-state index in [4.69, 9.17) is 14.2 Å². The summed E-state index contributed by atoms with van der Waals surface area (Å²) < 4.78 is 12.8. The number of esters is 1. The third kappa shape index (κ3) is 3.98. The predicted molar refractivity (Wildman–Crippen MR) is 129 cm³/mol. The molecule has 1 aliphatic carbocycles. The maximum Gasteiger partial charge on any atom is 0.320 e. The Morgan fingerprint density at radius 2 is 2.15 bits per heavy atom. The fraction of sp³-hybridized carbons (Fsp3) is 0.385. The zero-order valence-electron chi connectivity index (χ0n) is 20.0. The van der Waals surface area contributed by atoms with Crippen molar-refractivity contribution in [2.75, 3.05) is 20.2 Å². The monoisotopic (exact) mass is 459 g/mol.